The molecule has 0 N–H and O–H groups in total. The smallest absolute Gasteiger partial charge is 0.261 e. The fourth-order valence-electron chi connectivity index (χ4n) is 1.48. The van der Waals surface area contributed by atoms with E-state index in [0.717, 1.165) is 6.42 Å². The van der Waals surface area contributed by atoms with E-state index in [9.17, 15) is 0 Å². The van der Waals surface area contributed by atoms with Crippen molar-refractivity contribution in [1.82, 2.24) is 4.90 Å². The number of hydrogen-bond acceptors (Lipinski definition) is 1. The third kappa shape index (κ3) is 3.56. The van der Waals surface area contributed by atoms with Gasteiger partial charge >= 0.3 is 5.17 Å². The van der Waals surface area contributed by atoms with Crippen molar-refractivity contribution in [2.24, 2.45) is 0 Å². The summed E-state index contributed by atoms with van der Waals surface area (Å²) in [5, 5.41) is 1.24. The van der Waals surface area contributed by atoms with Gasteiger partial charge in [-0.05, 0) is 35.9 Å². The first-order valence-corrected chi connectivity index (χ1v) is 6.34. The van der Waals surface area contributed by atoms with Crippen molar-refractivity contribution in [2.75, 3.05) is 28.2 Å². The molecule has 2 nitrogen and oxygen atoms in total. The summed E-state index contributed by atoms with van der Waals surface area (Å²) in [5.74, 6) is 0. The van der Waals surface area contributed by atoms with Gasteiger partial charge in [0.25, 0.3) is 0 Å². The lowest BCUT2D eigenvalue weighted by molar-refractivity contribution is -0.466. The van der Waals surface area contributed by atoms with E-state index in [1.54, 1.807) is 11.8 Å². The molecule has 1 aromatic carbocycles. The van der Waals surface area contributed by atoms with E-state index in [2.05, 4.69) is 68.9 Å². The zero-order valence-electron chi connectivity index (χ0n) is 10.8. The Morgan fingerprint density at radius 2 is 1.75 bits per heavy atom. The summed E-state index contributed by atoms with van der Waals surface area (Å²) in [5.41, 5.74) is 1.39. The molecule has 1 rings (SSSR count). The molecule has 0 aliphatic rings. The Hall–Kier alpha value is -0.960. The zero-order chi connectivity index (χ0) is 12.1. The first-order valence-electron chi connectivity index (χ1n) is 5.53. The maximum absolute atomic E-state index is 2.20. The molecule has 0 atom stereocenters. The van der Waals surface area contributed by atoms with Crippen molar-refractivity contribution in [3.63, 3.8) is 0 Å². The number of hydrogen-bond donors (Lipinski definition) is 0. The topological polar surface area (TPSA) is 6.25 Å². The first-order chi connectivity index (χ1) is 7.54. The summed E-state index contributed by atoms with van der Waals surface area (Å²) in [7, 11) is 8.29. The number of benzene rings is 1. The molecule has 0 saturated carbocycles. The second-order valence-corrected chi connectivity index (χ2v) is 5.21. The van der Waals surface area contributed by atoms with Gasteiger partial charge in [-0.1, -0.05) is 19.1 Å². The van der Waals surface area contributed by atoms with Gasteiger partial charge < -0.3 is 0 Å². The lowest BCUT2D eigenvalue weighted by atomic mass is 10.2. The SMILES string of the molecule is CCc1ccc(SC(N(C)C)=[N+](C)C)cc1. The molecule has 3 heteroatoms. The van der Waals surface area contributed by atoms with Crippen LogP contribution in [0, 0.1) is 0 Å². The van der Waals surface area contributed by atoms with Crippen molar-refractivity contribution in [1.29, 1.82) is 0 Å². The molecule has 0 heterocycles. The Labute approximate surface area is 103 Å². The van der Waals surface area contributed by atoms with E-state index in [1.807, 2.05) is 0 Å². The third-order valence-electron chi connectivity index (χ3n) is 2.31. The highest BCUT2D eigenvalue weighted by Crippen LogP contribution is 2.20. The highest BCUT2D eigenvalue weighted by atomic mass is 32.2. The summed E-state index contributed by atoms with van der Waals surface area (Å²) < 4.78 is 2.14. The average molecular weight is 237 g/mol. The van der Waals surface area contributed by atoms with Crippen LogP contribution in [0.3, 0.4) is 0 Å². The Bertz CT molecular complexity index is 362. The van der Waals surface area contributed by atoms with Crippen molar-refractivity contribution >= 4 is 16.9 Å². The molecule has 0 fully saturated rings. The fourth-order valence-corrected chi connectivity index (χ4v) is 2.33. The highest BCUT2D eigenvalue weighted by Gasteiger charge is 2.13. The molecule has 0 saturated heterocycles. The van der Waals surface area contributed by atoms with Crippen LogP contribution in [0.5, 0.6) is 0 Å². The molecule has 0 aliphatic heterocycles. The van der Waals surface area contributed by atoms with Crippen molar-refractivity contribution in [2.45, 2.75) is 18.2 Å². The molecule has 1 aromatic rings. The number of amidine groups is 1. The summed E-state index contributed by atoms with van der Waals surface area (Å²) >= 11 is 1.79. The van der Waals surface area contributed by atoms with Crippen LogP contribution in [-0.2, 0) is 6.42 Å². The second-order valence-electron chi connectivity index (χ2n) is 4.17. The van der Waals surface area contributed by atoms with Gasteiger partial charge in [-0.2, -0.15) is 0 Å². The molecular weight excluding hydrogens is 216 g/mol. The summed E-state index contributed by atoms with van der Waals surface area (Å²) in [4.78, 5) is 3.42. The maximum atomic E-state index is 2.20. The second kappa shape index (κ2) is 5.94. The minimum Gasteiger partial charge on any atom is -0.261 e. The summed E-state index contributed by atoms with van der Waals surface area (Å²) in [6.45, 7) is 2.18. The Balaban J connectivity index is 2.83. The van der Waals surface area contributed by atoms with Gasteiger partial charge in [0.15, 0.2) is 0 Å². The molecule has 0 spiro atoms. The molecule has 0 amide bonds. The van der Waals surface area contributed by atoms with Crippen LogP contribution in [0.1, 0.15) is 12.5 Å². The van der Waals surface area contributed by atoms with E-state index < -0.39 is 0 Å². The Morgan fingerprint density at radius 1 is 1.19 bits per heavy atom. The quantitative estimate of drug-likeness (QED) is 0.337. The van der Waals surface area contributed by atoms with Crippen LogP contribution in [-0.4, -0.2) is 42.8 Å². The van der Waals surface area contributed by atoms with Crippen LogP contribution in [0.4, 0.5) is 0 Å². The monoisotopic (exact) mass is 237 g/mol. The molecule has 0 radical (unpaired) electrons. The van der Waals surface area contributed by atoms with Crippen LogP contribution >= 0.6 is 11.8 Å². The van der Waals surface area contributed by atoms with Crippen molar-refractivity contribution < 1.29 is 4.58 Å². The predicted molar refractivity (Wildman–Crippen MR) is 72.5 cm³/mol. The number of nitrogens with zero attached hydrogens (tertiary/aromatic N) is 2. The molecule has 16 heavy (non-hydrogen) atoms. The van der Waals surface area contributed by atoms with Gasteiger partial charge in [0, 0.05) is 4.90 Å². The third-order valence-corrected chi connectivity index (χ3v) is 3.73. The average Bonchev–Trinajstić information content (AvgIpc) is 2.25. The number of rotatable bonds is 2. The number of aryl methyl sites for hydroxylation is 1. The number of thioether (sulfide) groups is 1. The van der Waals surface area contributed by atoms with Gasteiger partial charge in [-0.15, -0.1) is 0 Å². The van der Waals surface area contributed by atoms with Gasteiger partial charge in [0.1, 0.15) is 0 Å². The van der Waals surface area contributed by atoms with Crippen LogP contribution in [0.15, 0.2) is 29.2 Å². The summed E-state index contributed by atoms with van der Waals surface area (Å²) in [6.07, 6.45) is 1.10. The van der Waals surface area contributed by atoms with Crippen LogP contribution in [0.2, 0.25) is 0 Å². The molecule has 0 unspecified atom stereocenters. The van der Waals surface area contributed by atoms with E-state index >= 15 is 0 Å². The van der Waals surface area contributed by atoms with E-state index in [-0.39, 0.29) is 0 Å². The largest absolute Gasteiger partial charge is 0.312 e. The van der Waals surface area contributed by atoms with Crippen molar-refractivity contribution in [3.05, 3.63) is 29.8 Å². The predicted octanol–water partition coefficient (Wildman–Crippen LogP) is 2.53. The molecule has 0 aliphatic carbocycles. The van der Waals surface area contributed by atoms with E-state index in [4.69, 9.17) is 0 Å². The lowest BCUT2D eigenvalue weighted by Crippen LogP contribution is -2.26. The van der Waals surface area contributed by atoms with E-state index in [0.29, 0.717) is 0 Å². The van der Waals surface area contributed by atoms with Gasteiger partial charge in [-0.25, -0.2) is 0 Å². The molecule has 0 bridgehead atoms. The van der Waals surface area contributed by atoms with Gasteiger partial charge in [0.05, 0.1) is 28.2 Å². The van der Waals surface area contributed by atoms with Crippen molar-refractivity contribution in [3.8, 4) is 0 Å². The minimum absolute atomic E-state index is 1.10. The highest BCUT2D eigenvalue weighted by molar-refractivity contribution is 8.13. The maximum Gasteiger partial charge on any atom is 0.312 e. The normalized spacial score (nSPS) is 10.1. The fraction of sp³-hybridized carbons (Fsp3) is 0.462. The van der Waals surface area contributed by atoms with Gasteiger partial charge in [-0.3, -0.25) is 9.48 Å². The standard InChI is InChI=1S/C13H21N2S/c1-6-11-7-9-12(10-8-11)16-13(14(2)3)15(4)5/h7-10H,6H2,1-5H3/q+1. The Kier molecular flexibility index (Phi) is 4.87. The molecule has 0 aromatic heterocycles. The molecular formula is C13H21N2S+. The van der Waals surface area contributed by atoms with Crippen LogP contribution in [0.25, 0.3) is 0 Å². The minimum atomic E-state index is 1.10. The van der Waals surface area contributed by atoms with E-state index in [1.165, 1.54) is 15.6 Å². The first kappa shape index (κ1) is 13.1. The molecule has 88 valence electrons. The Morgan fingerprint density at radius 3 is 2.12 bits per heavy atom. The van der Waals surface area contributed by atoms with Crippen LogP contribution < -0.4 is 0 Å². The van der Waals surface area contributed by atoms with Gasteiger partial charge in [0.2, 0.25) is 0 Å². The zero-order valence-corrected chi connectivity index (χ0v) is 11.6. The lowest BCUT2D eigenvalue weighted by Gasteiger charge is -2.10. The summed E-state index contributed by atoms with van der Waals surface area (Å²) in [6, 6.07) is 8.78.